The highest BCUT2D eigenvalue weighted by Crippen LogP contribution is 2.51. The van der Waals surface area contributed by atoms with Gasteiger partial charge in [0.05, 0.1) is 44.7 Å². The van der Waals surface area contributed by atoms with E-state index in [2.05, 4.69) is 17.7 Å². The number of likely N-dealkylation sites (N-methyl/N-ethyl adjacent to an activating group) is 1. The maximum Gasteiger partial charge on any atom is 0.353 e. The summed E-state index contributed by atoms with van der Waals surface area (Å²) in [6, 6.07) is -0.866. The number of fused-ring (bicyclic) bond motifs is 1. The molecule has 0 saturated carbocycles. The Kier molecular flexibility index (Phi) is 6.76. The molecule has 184 valence electrons. The molecule has 0 aromatic rings. The third kappa shape index (κ3) is 4.51. The first-order valence-corrected chi connectivity index (χ1v) is 12.5. The predicted molar refractivity (Wildman–Crippen MR) is 119 cm³/mol. The van der Waals surface area contributed by atoms with E-state index in [9.17, 15) is 28.3 Å². The molecule has 2 amide bonds. The lowest BCUT2D eigenvalue weighted by atomic mass is 9.78. The van der Waals surface area contributed by atoms with E-state index >= 15 is 0 Å². The zero-order chi connectivity index (χ0) is 24.1. The number of carbonyl (C=O) groups is 3. The molecule has 0 radical (unpaired) electrons. The number of nitrogens with one attached hydrogen (secondary N) is 2. The SMILES string of the molecule is C[C@@H](NC(=O)C(F)F)[C@H]1C(=O)N2C(C(=O)O)=C(S[C@@H]3CNC(C[N+]4(C)CCCC4)C3)[C@H](C)[C@H]12. The number of carbonyl (C=O) groups excluding carboxylic acids is 2. The number of thioether (sulfide) groups is 1. The van der Waals surface area contributed by atoms with Gasteiger partial charge in [-0.05, 0) is 13.3 Å². The Morgan fingerprint density at radius 1 is 1.33 bits per heavy atom. The van der Waals surface area contributed by atoms with Gasteiger partial charge in [-0.25, -0.2) is 4.79 Å². The van der Waals surface area contributed by atoms with Gasteiger partial charge in [0.2, 0.25) is 5.91 Å². The second kappa shape index (κ2) is 9.14. The quantitative estimate of drug-likeness (QED) is 0.352. The van der Waals surface area contributed by atoms with Crippen molar-refractivity contribution in [1.82, 2.24) is 15.5 Å². The normalized spacial score (nSPS) is 33.9. The fraction of sp³-hybridized carbons (Fsp3) is 0.773. The number of hydrogen-bond acceptors (Lipinski definition) is 5. The smallest absolute Gasteiger partial charge is 0.353 e. The Morgan fingerprint density at radius 3 is 2.61 bits per heavy atom. The van der Waals surface area contributed by atoms with Crippen LogP contribution in [0, 0.1) is 11.8 Å². The van der Waals surface area contributed by atoms with Crippen molar-refractivity contribution in [2.24, 2.45) is 11.8 Å². The third-order valence-electron chi connectivity index (χ3n) is 7.68. The van der Waals surface area contributed by atoms with E-state index in [1.807, 2.05) is 6.92 Å². The van der Waals surface area contributed by atoms with Crippen molar-refractivity contribution >= 4 is 29.5 Å². The average molecular weight is 488 g/mol. The molecule has 8 nitrogen and oxygen atoms in total. The minimum Gasteiger partial charge on any atom is -0.477 e. The van der Waals surface area contributed by atoms with E-state index in [1.54, 1.807) is 0 Å². The molecule has 4 aliphatic rings. The monoisotopic (exact) mass is 487 g/mol. The molecule has 3 N–H and O–H groups in total. The van der Waals surface area contributed by atoms with Gasteiger partial charge in [-0.1, -0.05) is 6.92 Å². The molecule has 11 heteroatoms. The molecule has 1 unspecified atom stereocenters. The molecule has 0 aromatic carbocycles. The number of halogens is 2. The summed E-state index contributed by atoms with van der Waals surface area (Å²) in [4.78, 5) is 38.3. The van der Waals surface area contributed by atoms with Gasteiger partial charge in [0, 0.05) is 41.5 Å². The number of aliphatic carboxylic acids is 1. The summed E-state index contributed by atoms with van der Waals surface area (Å²) in [5.41, 5.74) is 0.00752. The first-order valence-electron chi connectivity index (χ1n) is 11.6. The standard InChI is InChI=1S/C22H32F2N4O4S/c1-11-16-15(12(2)26-20(29)19(23)24)21(30)27(16)17(22(31)32)18(11)33-14-8-13(25-9-14)10-28(3)6-4-5-7-28/h11-16,19,25H,4-10H2,1-3H3,(H-,26,29,31,32)/p+1/t11-,12-,13?,14+,15-,16-/m1/s1. The number of carboxylic acids is 1. The molecule has 0 bridgehead atoms. The van der Waals surface area contributed by atoms with Crippen molar-refractivity contribution in [1.29, 1.82) is 0 Å². The van der Waals surface area contributed by atoms with Crippen LogP contribution in [0.5, 0.6) is 0 Å². The van der Waals surface area contributed by atoms with Gasteiger partial charge in [-0.2, -0.15) is 8.78 Å². The van der Waals surface area contributed by atoms with Crippen molar-refractivity contribution < 1.29 is 32.8 Å². The Morgan fingerprint density at radius 2 is 2.00 bits per heavy atom. The Bertz CT molecular complexity index is 863. The summed E-state index contributed by atoms with van der Waals surface area (Å²) < 4.78 is 26.4. The largest absolute Gasteiger partial charge is 0.477 e. The molecule has 3 saturated heterocycles. The van der Waals surface area contributed by atoms with Crippen LogP contribution in [0.15, 0.2) is 10.6 Å². The molecular formula is C22H33F2N4O4S+. The number of rotatable bonds is 8. The number of carboxylic acid groups (broad SMARTS) is 1. The lowest BCUT2D eigenvalue weighted by Crippen LogP contribution is -2.66. The average Bonchev–Trinajstić information content (AvgIpc) is 3.41. The Balaban J connectivity index is 1.44. The third-order valence-corrected chi connectivity index (χ3v) is 9.19. The number of β-lactam (4-membered cyclic amide) rings is 1. The van der Waals surface area contributed by atoms with Crippen LogP contribution in [0.1, 0.15) is 33.1 Å². The minimum absolute atomic E-state index is 0.00752. The van der Waals surface area contributed by atoms with Crippen LogP contribution in [-0.4, -0.2) is 95.3 Å². The lowest BCUT2D eigenvalue weighted by Gasteiger charge is -2.47. The highest BCUT2D eigenvalue weighted by molar-refractivity contribution is 8.03. The van der Waals surface area contributed by atoms with E-state index in [1.165, 1.54) is 49.5 Å². The summed E-state index contributed by atoms with van der Waals surface area (Å²) >= 11 is 1.53. The molecule has 3 fully saturated rings. The van der Waals surface area contributed by atoms with E-state index in [-0.39, 0.29) is 16.9 Å². The van der Waals surface area contributed by atoms with Crippen LogP contribution >= 0.6 is 11.8 Å². The number of quaternary nitrogens is 1. The van der Waals surface area contributed by atoms with Gasteiger partial charge in [0.15, 0.2) is 0 Å². The summed E-state index contributed by atoms with van der Waals surface area (Å²) in [7, 11) is 2.30. The molecular weight excluding hydrogens is 454 g/mol. The molecule has 4 rings (SSSR count). The van der Waals surface area contributed by atoms with Crippen LogP contribution < -0.4 is 10.6 Å². The van der Waals surface area contributed by atoms with Gasteiger partial charge in [0.1, 0.15) is 5.70 Å². The number of nitrogens with zero attached hydrogens (tertiary/aromatic N) is 2. The zero-order valence-electron chi connectivity index (χ0n) is 19.2. The van der Waals surface area contributed by atoms with Gasteiger partial charge < -0.3 is 25.1 Å². The van der Waals surface area contributed by atoms with E-state index in [0.29, 0.717) is 10.9 Å². The molecule has 33 heavy (non-hydrogen) atoms. The Labute approximate surface area is 196 Å². The zero-order valence-corrected chi connectivity index (χ0v) is 20.0. The van der Waals surface area contributed by atoms with E-state index < -0.39 is 42.2 Å². The summed E-state index contributed by atoms with van der Waals surface area (Å²) in [6.45, 7) is 7.64. The van der Waals surface area contributed by atoms with Crippen molar-refractivity contribution in [2.75, 3.05) is 33.2 Å². The second-order valence-electron chi connectivity index (χ2n) is 10.2. The van der Waals surface area contributed by atoms with Crippen LogP contribution in [0.3, 0.4) is 0 Å². The van der Waals surface area contributed by atoms with E-state index in [4.69, 9.17) is 0 Å². The predicted octanol–water partition coefficient (Wildman–Crippen LogP) is 1.23. The maximum absolute atomic E-state index is 12.8. The summed E-state index contributed by atoms with van der Waals surface area (Å²) in [5, 5.41) is 15.9. The van der Waals surface area contributed by atoms with Gasteiger partial charge in [-0.15, -0.1) is 11.8 Å². The van der Waals surface area contributed by atoms with Gasteiger partial charge in [-0.3, -0.25) is 9.59 Å². The first-order chi connectivity index (χ1) is 15.5. The number of alkyl halides is 2. The number of likely N-dealkylation sites (tertiary alicyclic amines) is 1. The first kappa shape index (κ1) is 24.4. The molecule has 0 aliphatic carbocycles. The fourth-order valence-electron chi connectivity index (χ4n) is 6.08. The van der Waals surface area contributed by atoms with Crippen LogP contribution in [0.4, 0.5) is 8.78 Å². The molecule has 0 aromatic heterocycles. The van der Waals surface area contributed by atoms with Crippen LogP contribution in [0.2, 0.25) is 0 Å². The molecule has 0 spiro atoms. The van der Waals surface area contributed by atoms with Crippen LogP contribution in [-0.2, 0) is 14.4 Å². The van der Waals surface area contributed by atoms with Crippen molar-refractivity contribution in [3.05, 3.63) is 10.6 Å². The lowest BCUT2D eigenvalue weighted by molar-refractivity contribution is -0.898. The molecule has 4 heterocycles. The van der Waals surface area contributed by atoms with Crippen LogP contribution in [0.25, 0.3) is 0 Å². The van der Waals surface area contributed by atoms with Gasteiger partial charge >= 0.3 is 12.4 Å². The van der Waals surface area contributed by atoms with E-state index in [0.717, 1.165) is 24.0 Å². The highest BCUT2D eigenvalue weighted by atomic mass is 32.2. The van der Waals surface area contributed by atoms with Crippen molar-refractivity contribution in [3.63, 3.8) is 0 Å². The van der Waals surface area contributed by atoms with Gasteiger partial charge in [0.25, 0.3) is 5.91 Å². The topological polar surface area (TPSA) is 98.7 Å². The number of hydrogen-bond donors (Lipinski definition) is 3. The molecule has 6 atom stereocenters. The molecule has 4 aliphatic heterocycles. The maximum atomic E-state index is 12.8. The highest BCUT2D eigenvalue weighted by Gasteiger charge is 2.60. The Hall–Kier alpha value is -1.72. The van der Waals surface area contributed by atoms with Crippen molar-refractivity contribution in [3.8, 4) is 0 Å². The fourth-order valence-corrected chi connectivity index (χ4v) is 7.60. The summed E-state index contributed by atoms with van der Waals surface area (Å²) in [6.07, 6.45) is 0.295. The minimum atomic E-state index is -3.16. The second-order valence-corrected chi connectivity index (χ2v) is 11.5. The number of amides is 2. The van der Waals surface area contributed by atoms with Crippen molar-refractivity contribution in [2.45, 2.75) is 62.9 Å². The summed E-state index contributed by atoms with van der Waals surface area (Å²) in [5.74, 6) is -3.96.